The maximum Gasteiger partial charge on any atom is 0.433 e. The standard InChI is InChI=1S/C14H15F3N6/c1-19-5-9(4-18)6-20-11-2-12(10-7-21-22-8-10)23-13(3-11)14(15,16)17/h2-5,7-8H,6,18H2,1H3,(H,20,23)(H,21,22)/b9-4+,19-5-. The Morgan fingerprint density at radius 3 is 2.78 bits per heavy atom. The monoisotopic (exact) mass is 324 g/mol. The Morgan fingerprint density at radius 1 is 1.43 bits per heavy atom. The topological polar surface area (TPSA) is 92.0 Å². The molecule has 0 amide bonds. The largest absolute Gasteiger partial charge is 0.433 e. The fourth-order valence-electron chi connectivity index (χ4n) is 1.83. The Balaban J connectivity index is 2.33. The molecule has 0 aromatic carbocycles. The molecule has 2 aromatic rings. The number of aliphatic imine (C=N–C) groups is 1. The molecular formula is C14H15F3N6. The van der Waals surface area contributed by atoms with Crippen molar-refractivity contribution in [2.45, 2.75) is 6.18 Å². The molecule has 0 radical (unpaired) electrons. The summed E-state index contributed by atoms with van der Waals surface area (Å²) >= 11 is 0. The van der Waals surface area contributed by atoms with Crippen molar-refractivity contribution in [2.24, 2.45) is 10.7 Å². The van der Waals surface area contributed by atoms with Gasteiger partial charge >= 0.3 is 6.18 Å². The Kier molecular flexibility index (Phi) is 4.99. The second kappa shape index (κ2) is 6.95. The molecule has 4 N–H and O–H groups in total. The number of alkyl halides is 3. The third-order valence-electron chi connectivity index (χ3n) is 2.92. The number of pyridine rings is 1. The first kappa shape index (κ1) is 16.5. The lowest BCUT2D eigenvalue weighted by Crippen LogP contribution is -2.12. The van der Waals surface area contributed by atoms with Crippen LogP contribution in [-0.4, -0.2) is 35.0 Å². The summed E-state index contributed by atoms with van der Waals surface area (Å²) < 4.78 is 39.0. The molecule has 0 fully saturated rings. The Hall–Kier alpha value is -2.84. The van der Waals surface area contributed by atoms with Crippen molar-refractivity contribution in [3.8, 4) is 11.3 Å². The molecule has 23 heavy (non-hydrogen) atoms. The first-order valence-electron chi connectivity index (χ1n) is 6.59. The van der Waals surface area contributed by atoms with Crippen LogP contribution in [0.3, 0.4) is 0 Å². The van der Waals surface area contributed by atoms with Crippen molar-refractivity contribution in [3.05, 3.63) is 42.0 Å². The van der Waals surface area contributed by atoms with Gasteiger partial charge in [-0.15, -0.1) is 0 Å². The summed E-state index contributed by atoms with van der Waals surface area (Å²) in [5, 5.41) is 9.15. The van der Waals surface area contributed by atoms with E-state index in [9.17, 15) is 13.2 Å². The van der Waals surface area contributed by atoms with E-state index < -0.39 is 11.9 Å². The van der Waals surface area contributed by atoms with Gasteiger partial charge in [0.15, 0.2) is 0 Å². The lowest BCUT2D eigenvalue weighted by Gasteiger charge is -2.12. The van der Waals surface area contributed by atoms with E-state index in [-0.39, 0.29) is 17.9 Å². The van der Waals surface area contributed by atoms with Crippen molar-refractivity contribution >= 4 is 11.9 Å². The normalized spacial score (nSPS) is 12.8. The summed E-state index contributed by atoms with van der Waals surface area (Å²) in [5.41, 5.74) is 5.99. The molecule has 0 saturated heterocycles. The van der Waals surface area contributed by atoms with Gasteiger partial charge in [0, 0.05) is 49.0 Å². The van der Waals surface area contributed by atoms with E-state index in [4.69, 9.17) is 5.73 Å². The first-order valence-corrected chi connectivity index (χ1v) is 6.59. The number of aromatic amines is 1. The van der Waals surface area contributed by atoms with Crippen LogP contribution in [0.25, 0.3) is 11.3 Å². The van der Waals surface area contributed by atoms with Crippen LogP contribution in [0.5, 0.6) is 0 Å². The quantitative estimate of drug-likeness (QED) is 0.737. The third-order valence-corrected chi connectivity index (χ3v) is 2.92. The van der Waals surface area contributed by atoms with Crippen molar-refractivity contribution in [1.29, 1.82) is 0 Å². The summed E-state index contributed by atoms with van der Waals surface area (Å²) in [7, 11) is 1.58. The number of nitrogens with one attached hydrogen (secondary N) is 2. The molecule has 0 unspecified atom stereocenters. The van der Waals surface area contributed by atoms with E-state index in [1.54, 1.807) is 7.05 Å². The SMILES string of the molecule is C/N=C\C(=C/N)CNc1cc(-c2cn[nH]c2)nc(C(F)(F)F)c1. The Labute approximate surface area is 130 Å². The number of hydrogen-bond acceptors (Lipinski definition) is 5. The summed E-state index contributed by atoms with van der Waals surface area (Å²) in [6, 6.07) is 2.46. The molecule has 6 nitrogen and oxygen atoms in total. The highest BCUT2D eigenvalue weighted by atomic mass is 19.4. The Morgan fingerprint density at radius 2 is 2.22 bits per heavy atom. The predicted molar refractivity (Wildman–Crippen MR) is 82.0 cm³/mol. The van der Waals surface area contributed by atoms with E-state index in [1.165, 1.54) is 30.9 Å². The molecule has 2 rings (SSSR count). The third kappa shape index (κ3) is 4.31. The maximum atomic E-state index is 13.0. The average molecular weight is 324 g/mol. The van der Waals surface area contributed by atoms with Gasteiger partial charge in [-0.2, -0.15) is 18.3 Å². The lowest BCUT2D eigenvalue weighted by molar-refractivity contribution is -0.141. The molecule has 2 heterocycles. The van der Waals surface area contributed by atoms with Gasteiger partial charge in [0.05, 0.1) is 11.9 Å². The fourth-order valence-corrected chi connectivity index (χ4v) is 1.83. The molecule has 0 spiro atoms. The second-order valence-electron chi connectivity index (χ2n) is 4.59. The highest BCUT2D eigenvalue weighted by Crippen LogP contribution is 2.32. The number of halogens is 3. The lowest BCUT2D eigenvalue weighted by atomic mass is 10.2. The van der Waals surface area contributed by atoms with Crippen molar-refractivity contribution < 1.29 is 13.2 Å². The van der Waals surface area contributed by atoms with Crippen LogP contribution >= 0.6 is 0 Å². The van der Waals surface area contributed by atoms with Crippen LogP contribution in [0.4, 0.5) is 18.9 Å². The number of H-pyrrole nitrogens is 1. The van der Waals surface area contributed by atoms with Crippen LogP contribution in [0.15, 0.2) is 41.3 Å². The molecule has 0 atom stereocenters. The second-order valence-corrected chi connectivity index (χ2v) is 4.59. The minimum absolute atomic E-state index is 0.165. The zero-order valence-corrected chi connectivity index (χ0v) is 12.2. The van der Waals surface area contributed by atoms with Crippen LogP contribution < -0.4 is 11.1 Å². The maximum absolute atomic E-state index is 13.0. The highest BCUT2D eigenvalue weighted by molar-refractivity contribution is 5.79. The zero-order valence-electron chi connectivity index (χ0n) is 12.2. The van der Waals surface area contributed by atoms with Gasteiger partial charge in [0.1, 0.15) is 5.69 Å². The number of aromatic nitrogens is 3. The van der Waals surface area contributed by atoms with Crippen LogP contribution in [0, 0.1) is 0 Å². The van der Waals surface area contributed by atoms with E-state index in [2.05, 4.69) is 25.5 Å². The molecule has 2 aromatic heterocycles. The Bertz CT molecular complexity index is 704. The number of anilines is 1. The van der Waals surface area contributed by atoms with Crippen molar-refractivity contribution in [1.82, 2.24) is 15.2 Å². The van der Waals surface area contributed by atoms with Crippen LogP contribution in [0.1, 0.15) is 5.69 Å². The molecule has 0 aliphatic heterocycles. The number of nitrogens with zero attached hydrogens (tertiary/aromatic N) is 3. The summed E-state index contributed by atoms with van der Waals surface area (Å²) in [4.78, 5) is 7.46. The smallest absolute Gasteiger partial charge is 0.404 e. The number of nitrogens with two attached hydrogens (primary N) is 1. The number of rotatable bonds is 5. The zero-order chi connectivity index (χ0) is 16.9. The minimum Gasteiger partial charge on any atom is -0.404 e. The average Bonchev–Trinajstić information content (AvgIpc) is 3.04. The molecule has 122 valence electrons. The molecule has 9 heteroatoms. The summed E-state index contributed by atoms with van der Waals surface area (Å²) in [5.74, 6) is 0. The van der Waals surface area contributed by atoms with Crippen molar-refractivity contribution in [2.75, 3.05) is 18.9 Å². The van der Waals surface area contributed by atoms with E-state index in [0.29, 0.717) is 11.1 Å². The van der Waals surface area contributed by atoms with Gasteiger partial charge < -0.3 is 11.1 Å². The van der Waals surface area contributed by atoms with Gasteiger partial charge in [-0.25, -0.2) is 4.98 Å². The first-order chi connectivity index (χ1) is 10.9. The molecule has 0 aliphatic rings. The van der Waals surface area contributed by atoms with E-state index in [1.807, 2.05) is 0 Å². The van der Waals surface area contributed by atoms with Gasteiger partial charge in [0.25, 0.3) is 0 Å². The highest BCUT2D eigenvalue weighted by Gasteiger charge is 2.33. The van der Waals surface area contributed by atoms with E-state index in [0.717, 1.165) is 6.07 Å². The molecule has 0 aliphatic carbocycles. The summed E-state index contributed by atoms with van der Waals surface area (Å²) in [6.07, 6.45) is 1.19. The molecule has 0 bridgehead atoms. The number of hydrogen-bond donors (Lipinski definition) is 3. The summed E-state index contributed by atoms with van der Waals surface area (Å²) in [6.45, 7) is 0.236. The van der Waals surface area contributed by atoms with Crippen molar-refractivity contribution in [3.63, 3.8) is 0 Å². The van der Waals surface area contributed by atoms with E-state index >= 15 is 0 Å². The molecule has 0 saturated carbocycles. The minimum atomic E-state index is -4.55. The van der Waals surface area contributed by atoms with Gasteiger partial charge in [-0.05, 0) is 12.1 Å². The van der Waals surface area contributed by atoms with Crippen LogP contribution in [-0.2, 0) is 6.18 Å². The van der Waals surface area contributed by atoms with Crippen LogP contribution in [0.2, 0.25) is 0 Å². The van der Waals surface area contributed by atoms with Gasteiger partial charge in [0.2, 0.25) is 0 Å². The molecular weight excluding hydrogens is 309 g/mol. The van der Waals surface area contributed by atoms with Gasteiger partial charge in [-0.3, -0.25) is 10.1 Å². The fraction of sp³-hybridized carbons (Fsp3) is 0.214. The van der Waals surface area contributed by atoms with Gasteiger partial charge in [-0.1, -0.05) is 0 Å². The predicted octanol–water partition coefficient (Wildman–Crippen LogP) is 2.45.